The summed E-state index contributed by atoms with van der Waals surface area (Å²) in [7, 11) is 3.62. The molecule has 3 aliphatic rings. The van der Waals surface area contributed by atoms with E-state index in [0.29, 0.717) is 28.7 Å². The average molecular weight is 848 g/mol. The Hall–Kier alpha value is -3.91. The molecule has 17 nitrogen and oxygen atoms in total. The second-order valence-corrected chi connectivity index (χ2v) is 17.4. The van der Waals surface area contributed by atoms with Crippen LogP contribution in [0.3, 0.4) is 0 Å². The summed E-state index contributed by atoms with van der Waals surface area (Å²) in [5.74, 6) is -5.93. The number of oxime groups is 1. The van der Waals surface area contributed by atoms with Crippen LogP contribution in [-0.2, 0) is 49.5 Å². The van der Waals surface area contributed by atoms with Gasteiger partial charge in [0.2, 0.25) is 5.91 Å². The van der Waals surface area contributed by atoms with Gasteiger partial charge >= 0.3 is 5.97 Å². The minimum atomic E-state index is -3.23. The molecule has 13 atom stereocenters. The molecule has 1 aromatic heterocycles. The third-order valence-corrected chi connectivity index (χ3v) is 12.1. The third-order valence-electron chi connectivity index (χ3n) is 12.1. The summed E-state index contributed by atoms with van der Waals surface area (Å²) in [5, 5.41) is 32.8. The van der Waals surface area contributed by atoms with E-state index < -0.39 is 95.1 Å². The van der Waals surface area contributed by atoms with E-state index in [1.807, 2.05) is 32.8 Å². The molecule has 3 saturated heterocycles. The first-order chi connectivity index (χ1) is 28.0. The number of Topliss-reactive ketones (excluding diaryl/α,β-unsaturated/α-hetero) is 1. The number of benzene rings is 1. The summed E-state index contributed by atoms with van der Waals surface area (Å²) < 4.78 is 53.9. The average Bonchev–Trinajstić information content (AvgIpc) is 3.54. The zero-order chi connectivity index (χ0) is 44.5. The summed E-state index contributed by atoms with van der Waals surface area (Å²) in [6, 6.07) is 4.81. The van der Waals surface area contributed by atoms with Gasteiger partial charge in [-0.15, -0.1) is 0 Å². The van der Waals surface area contributed by atoms with E-state index in [2.05, 4.69) is 15.3 Å². The molecule has 5 rings (SSSR count). The van der Waals surface area contributed by atoms with Gasteiger partial charge in [-0.2, -0.15) is 0 Å². The molecule has 60 heavy (non-hydrogen) atoms. The van der Waals surface area contributed by atoms with Crippen molar-refractivity contribution in [2.24, 2.45) is 27.9 Å². The van der Waals surface area contributed by atoms with Gasteiger partial charge in [-0.1, -0.05) is 44.1 Å². The summed E-state index contributed by atoms with van der Waals surface area (Å²) in [4.78, 5) is 53.2. The maximum Gasteiger partial charge on any atom is 0.351 e. The minimum absolute atomic E-state index is 0.00492. The molecular weight excluding hydrogens is 785 g/mol. The van der Waals surface area contributed by atoms with Gasteiger partial charge in [0.1, 0.15) is 30.1 Å². The van der Waals surface area contributed by atoms with E-state index in [9.17, 15) is 24.6 Å². The van der Waals surface area contributed by atoms with Crippen LogP contribution >= 0.6 is 0 Å². The summed E-state index contributed by atoms with van der Waals surface area (Å²) >= 11 is 0. The minimum Gasteiger partial charge on any atom is -0.457 e. The largest absolute Gasteiger partial charge is 0.457 e. The number of aliphatic hydroxyl groups is 2. The fraction of sp³-hybridized carbons (Fsp3) is 0.714. The number of alkyl halides is 1. The van der Waals surface area contributed by atoms with Crippen molar-refractivity contribution in [3.63, 3.8) is 0 Å². The zero-order valence-corrected chi connectivity index (χ0v) is 36.5. The molecule has 2 aromatic rings. The summed E-state index contributed by atoms with van der Waals surface area (Å²) in [6.07, 6.45) is -6.55. The SMILES string of the molecule is CC[C@H]1OC(=O)[C@@](C)(F)C(=O)[C@H](C)[C@@H](O[C@@H]2O[C@H](C)C[C@H](N(C)C)[C@H]2O)[C@@]2(C)C[C@@H](C)C(=NC(C)=O)[C@H](C)[C@@H](OC/C(=N\OCc3ccc4onc(N)c4c3)CO2)[C@]1(C)O. The van der Waals surface area contributed by atoms with Gasteiger partial charge in [-0.25, -0.2) is 14.2 Å². The van der Waals surface area contributed by atoms with Crippen LogP contribution in [0.15, 0.2) is 32.9 Å². The molecule has 3 aliphatic heterocycles. The van der Waals surface area contributed by atoms with Crippen molar-refractivity contribution in [1.29, 1.82) is 0 Å². The number of hydrogen-bond acceptors (Lipinski definition) is 16. The van der Waals surface area contributed by atoms with Crippen molar-refractivity contribution in [3.8, 4) is 0 Å². The Kier molecular flexibility index (Phi) is 14.6. The number of cyclic esters (lactones) is 1. The number of amides is 1. The summed E-state index contributed by atoms with van der Waals surface area (Å²) in [6.45, 7) is 12.9. The third kappa shape index (κ3) is 9.90. The molecule has 1 amide bonds. The number of carbonyl (C=O) groups excluding carboxylic acids is 3. The second kappa shape index (κ2) is 18.6. The number of likely N-dealkylation sites (N-methyl/N-ethyl adjacent to an activating group) is 1. The Balaban J connectivity index is 1.69. The smallest absolute Gasteiger partial charge is 0.351 e. The number of esters is 1. The predicted molar refractivity (Wildman–Crippen MR) is 218 cm³/mol. The number of carbonyl (C=O) groups is 3. The molecule has 3 fully saturated rings. The highest BCUT2D eigenvalue weighted by Crippen LogP contribution is 2.41. The normalized spacial score (nSPS) is 39.0. The summed E-state index contributed by atoms with van der Waals surface area (Å²) in [5.41, 5.74) is 0.798. The van der Waals surface area contributed by atoms with Crippen molar-refractivity contribution in [2.75, 3.05) is 33.0 Å². The number of aliphatic hydroxyl groups excluding tert-OH is 1. The van der Waals surface area contributed by atoms with E-state index in [0.717, 1.165) is 6.92 Å². The molecule has 334 valence electrons. The number of aliphatic imine (C=N–C) groups is 1. The first-order valence-electron chi connectivity index (χ1n) is 20.5. The highest BCUT2D eigenvalue weighted by Gasteiger charge is 2.56. The number of nitrogen functional groups attached to an aromatic ring is 1. The lowest BCUT2D eigenvalue weighted by Crippen LogP contribution is -2.61. The number of nitrogens with zero attached hydrogens (tertiary/aromatic N) is 4. The maximum atomic E-state index is 16.9. The highest BCUT2D eigenvalue weighted by molar-refractivity contribution is 6.08. The van der Waals surface area contributed by atoms with E-state index >= 15 is 4.39 Å². The van der Waals surface area contributed by atoms with Gasteiger partial charge in [0, 0.05) is 30.5 Å². The number of anilines is 1. The van der Waals surface area contributed by atoms with Crippen LogP contribution in [-0.4, -0.2) is 136 Å². The van der Waals surface area contributed by atoms with Crippen LogP contribution in [0.4, 0.5) is 10.2 Å². The zero-order valence-electron chi connectivity index (χ0n) is 36.5. The number of nitrogens with two attached hydrogens (primary N) is 1. The number of halogens is 1. The molecule has 0 aliphatic carbocycles. The number of ether oxygens (including phenoxy) is 5. The molecule has 18 heteroatoms. The Bertz CT molecular complexity index is 1930. The Morgan fingerprint density at radius 2 is 1.82 bits per heavy atom. The molecule has 0 saturated carbocycles. The lowest BCUT2D eigenvalue weighted by atomic mass is 9.73. The fourth-order valence-electron chi connectivity index (χ4n) is 8.90. The van der Waals surface area contributed by atoms with E-state index in [-0.39, 0.29) is 44.2 Å². The predicted octanol–water partition coefficient (Wildman–Crippen LogP) is 3.94. The quantitative estimate of drug-likeness (QED) is 0.204. The highest BCUT2D eigenvalue weighted by atomic mass is 19.1. The fourth-order valence-corrected chi connectivity index (χ4v) is 8.90. The Morgan fingerprint density at radius 3 is 2.47 bits per heavy atom. The van der Waals surface area contributed by atoms with Gasteiger partial charge in [0.25, 0.3) is 5.67 Å². The number of ketones is 1. The van der Waals surface area contributed by atoms with Gasteiger partial charge in [0.05, 0.1) is 42.5 Å². The van der Waals surface area contributed by atoms with E-state index in [4.69, 9.17) is 38.8 Å². The number of aromatic nitrogens is 1. The Morgan fingerprint density at radius 1 is 1.12 bits per heavy atom. The molecule has 4 heterocycles. The topological polar surface area (TPSA) is 227 Å². The molecular formula is C42H62FN5O12. The van der Waals surface area contributed by atoms with Crippen LogP contribution in [0, 0.1) is 17.8 Å². The first kappa shape index (κ1) is 47.1. The number of hydrogen-bond donors (Lipinski definition) is 3. The lowest BCUT2D eigenvalue weighted by molar-refractivity contribution is -0.296. The van der Waals surface area contributed by atoms with Crippen LogP contribution in [0.25, 0.3) is 11.0 Å². The molecule has 0 unspecified atom stereocenters. The molecule has 0 spiro atoms. The number of rotatable bonds is 7. The molecule has 1 aromatic carbocycles. The monoisotopic (exact) mass is 847 g/mol. The molecule has 2 bridgehead atoms. The standard InChI is InChI=1S/C42H62FN5O12/c1-12-31-42(9,53)36-23(4)32(45-25(6)49)21(2)17-40(7,55-20-27(19-54-36)46-56-18-26-13-14-30-28(16-26)37(44)47-60-30)35(24(5)34(51)41(8,43)39(52)58-31)59-38-33(50)29(48(10)11)15-22(3)57-38/h13-14,16,21-24,29,31,33,35-36,38,50,53H,12,15,17-20H2,1-11H3,(H2,44,47)/b45-32?,46-27+/t21-,22-,23+,24+,29+,31-,33-,35-,36-,38+,40-,41+,42-/m1/s1. The van der Waals surface area contributed by atoms with Crippen LogP contribution in [0.1, 0.15) is 87.1 Å². The van der Waals surface area contributed by atoms with Crippen molar-refractivity contribution in [3.05, 3.63) is 23.8 Å². The van der Waals surface area contributed by atoms with Crippen molar-refractivity contribution in [1.82, 2.24) is 10.1 Å². The van der Waals surface area contributed by atoms with Crippen LogP contribution in [0.2, 0.25) is 0 Å². The van der Waals surface area contributed by atoms with Crippen molar-refractivity contribution in [2.45, 2.75) is 148 Å². The van der Waals surface area contributed by atoms with Gasteiger partial charge in [-0.3, -0.25) is 9.59 Å². The van der Waals surface area contributed by atoms with Crippen LogP contribution < -0.4 is 5.73 Å². The van der Waals surface area contributed by atoms with Gasteiger partial charge < -0.3 is 53.9 Å². The van der Waals surface area contributed by atoms with E-state index in [1.165, 1.54) is 20.8 Å². The first-order valence-corrected chi connectivity index (χ1v) is 20.5. The van der Waals surface area contributed by atoms with Crippen LogP contribution in [0.5, 0.6) is 0 Å². The van der Waals surface area contributed by atoms with E-state index in [1.54, 1.807) is 39.0 Å². The van der Waals surface area contributed by atoms with Gasteiger partial charge in [0.15, 0.2) is 23.5 Å². The maximum absolute atomic E-state index is 16.9. The molecule has 0 radical (unpaired) electrons. The lowest BCUT2D eigenvalue weighted by Gasteiger charge is -2.47. The Labute approximate surface area is 350 Å². The second-order valence-electron chi connectivity index (χ2n) is 17.4. The van der Waals surface area contributed by atoms with Crippen molar-refractivity contribution >= 4 is 45.9 Å². The molecule has 4 N–H and O–H groups in total. The number of fused-ring (bicyclic) bond motifs is 6. The van der Waals surface area contributed by atoms with Gasteiger partial charge in [-0.05, 0) is 84.7 Å². The van der Waals surface area contributed by atoms with Crippen molar-refractivity contribution < 1.29 is 62.0 Å².